The number of hydrogen-bond acceptors (Lipinski definition) is 2. The van der Waals surface area contributed by atoms with Gasteiger partial charge in [-0.1, -0.05) is 17.7 Å². The lowest BCUT2D eigenvalue weighted by molar-refractivity contribution is 0.296. The van der Waals surface area contributed by atoms with Gasteiger partial charge in [-0.3, -0.25) is 0 Å². The van der Waals surface area contributed by atoms with E-state index in [1.54, 1.807) is 0 Å². The first-order valence-corrected chi connectivity index (χ1v) is 4.43. The van der Waals surface area contributed by atoms with Crippen LogP contribution < -0.4 is 0 Å². The monoisotopic (exact) mass is 196 g/mol. The van der Waals surface area contributed by atoms with Gasteiger partial charge in [-0.2, -0.15) is 0 Å². The Morgan fingerprint density at radius 1 is 1.46 bits per heavy atom. The number of hydrogen-bond donors (Lipinski definition) is 1. The van der Waals surface area contributed by atoms with Crippen molar-refractivity contribution in [2.75, 3.05) is 6.61 Å². The van der Waals surface area contributed by atoms with Crippen molar-refractivity contribution in [3.8, 4) is 0 Å². The molecule has 0 saturated carbocycles. The fourth-order valence-corrected chi connectivity index (χ4v) is 1.59. The van der Waals surface area contributed by atoms with Crippen molar-refractivity contribution >= 4 is 17.1 Å². The molecule has 2 aromatic rings. The molecule has 0 unspecified atom stereocenters. The zero-order valence-corrected chi connectivity index (χ0v) is 7.70. The highest BCUT2D eigenvalue weighted by Gasteiger charge is 2.06. The Kier molecular flexibility index (Phi) is 2.20. The van der Waals surface area contributed by atoms with Crippen LogP contribution in [0, 0.1) is 0 Å². The van der Waals surface area contributed by atoms with Crippen molar-refractivity contribution in [1.29, 1.82) is 0 Å². The normalized spacial score (nSPS) is 10.9. The van der Waals surface area contributed by atoms with Gasteiger partial charge in [0.15, 0.2) is 5.15 Å². The molecule has 2 heterocycles. The minimum Gasteiger partial charge on any atom is -0.396 e. The zero-order chi connectivity index (χ0) is 9.26. The van der Waals surface area contributed by atoms with E-state index in [-0.39, 0.29) is 6.61 Å². The Balaban J connectivity index is 2.63. The predicted molar refractivity (Wildman–Crippen MR) is 51.0 cm³/mol. The van der Waals surface area contributed by atoms with Crippen LogP contribution in [-0.4, -0.2) is 21.1 Å². The van der Waals surface area contributed by atoms with E-state index in [2.05, 4.69) is 4.98 Å². The molecule has 1 N–H and O–H groups in total. The van der Waals surface area contributed by atoms with Crippen molar-refractivity contribution in [3.05, 3.63) is 35.4 Å². The molecule has 3 nitrogen and oxygen atoms in total. The second-order valence-corrected chi connectivity index (χ2v) is 3.11. The average molecular weight is 197 g/mol. The molecule has 4 heteroatoms. The Morgan fingerprint density at radius 3 is 3.08 bits per heavy atom. The second kappa shape index (κ2) is 3.36. The highest BCUT2D eigenvalue weighted by Crippen LogP contribution is 2.17. The number of aliphatic hydroxyl groups is 1. The first-order valence-electron chi connectivity index (χ1n) is 4.05. The van der Waals surface area contributed by atoms with Crippen LogP contribution in [0.3, 0.4) is 0 Å². The van der Waals surface area contributed by atoms with Crippen molar-refractivity contribution < 1.29 is 5.11 Å². The molecule has 0 fully saturated rings. The molecule has 0 radical (unpaired) electrons. The van der Waals surface area contributed by atoms with Gasteiger partial charge in [0, 0.05) is 12.6 Å². The summed E-state index contributed by atoms with van der Waals surface area (Å²) in [5.41, 5.74) is 0.882. The van der Waals surface area contributed by atoms with Crippen molar-refractivity contribution in [1.82, 2.24) is 9.38 Å². The molecule has 13 heavy (non-hydrogen) atoms. The predicted octanol–water partition coefficient (Wildman–Crippen LogP) is 1.52. The van der Waals surface area contributed by atoms with Gasteiger partial charge in [-0.25, -0.2) is 4.98 Å². The lowest BCUT2D eigenvalue weighted by atomic mass is 10.4. The number of pyridine rings is 1. The molecule has 0 aliphatic carbocycles. The first kappa shape index (κ1) is 8.53. The molecule has 68 valence electrons. The highest BCUT2D eigenvalue weighted by atomic mass is 35.5. The van der Waals surface area contributed by atoms with Gasteiger partial charge in [-0.05, 0) is 12.1 Å². The number of rotatable bonds is 2. The third-order valence-corrected chi connectivity index (χ3v) is 2.19. The maximum atomic E-state index is 8.79. The fourth-order valence-electron chi connectivity index (χ4n) is 1.34. The number of nitrogens with zero attached hydrogens (tertiary/aromatic N) is 2. The van der Waals surface area contributed by atoms with E-state index in [4.69, 9.17) is 16.7 Å². The van der Waals surface area contributed by atoms with Gasteiger partial charge in [0.1, 0.15) is 5.82 Å². The van der Waals surface area contributed by atoms with E-state index in [9.17, 15) is 0 Å². The van der Waals surface area contributed by atoms with Gasteiger partial charge in [-0.15, -0.1) is 0 Å². The van der Waals surface area contributed by atoms with E-state index in [1.807, 2.05) is 28.8 Å². The SMILES string of the molecule is OCCc1nc(Cl)c2ccccn12. The maximum absolute atomic E-state index is 8.79. The minimum atomic E-state index is 0.0876. The summed E-state index contributed by atoms with van der Waals surface area (Å²) in [5, 5.41) is 9.28. The Morgan fingerprint density at radius 2 is 2.31 bits per heavy atom. The third kappa shape index (κ3) is 1.41. The quantitative estimate of drug-likeness (QED) is 0.791. The molecular formula is C9H9ClN2O. The lowest BCUT2D eigenvalue weighted by Crippen LogP contribution is -1.97. The summed E-state index contributed by atoms with van der Waals surface area (Å²) in [6.07, 6.45) is 2.41. The van der Waals surface area contributed by atoms with Crippen LogP contribution in [0.5, 0.6) is 0 Å². The summed E-state index contributed by atoms with van der Waals surface area (Å²) in [5.74, 6) is 0.795. The van der Waals surface area contributed by atoms with Crippen LogP contribution in [0.15, 0.2) is 24.4 Å². The van der Waals surface area contributed by atoms with Crippen molar-refractivity contribution in [2.24, 2.45) is 0 Å². The Hall–Kier alpha value is -1.06. The van der Waals surface area contributed by atoms with Gasteiger partial charge in [0.2, 0.25) is 0 Å². The van der Waals surface area contributed by atoms with Gasteiger partial charge in [0.05, 0.1) is 12.1 Å². The summed E-state index contributed by atoms with van der Waals surface area (Å²) in [6, 6.07) is 5.72. The van der Waals surface area contributed by atoms with E-state index >= 15 is 0 Å². The molecule has 0 aliphatic heterocycles. The molecule has 2 rings (SSSR count). The van der Waals surface area contributed by atoms with Crippen LogP contribution in [0.4, 0.5) is 0 Å². The largest absolute Gasteiger partial charge is 0.396 e. The summed E-state index contributed by atoms with van der Waals surface area (Å²) in [7, 11) is 0. The molecule has 0 spiro atoms. The van der Waals surface area contributed by atoms with Crippen molar-refractivity contribution in [3.63, 3.8) is 0 Å². The van der Waals surface area contributed by atoms with Crippen LogP contribution in [-0.2, 0) is 6.42 Å². The molecular weight excluding hydrogens is 188 g/mol. The van der Waals surface area contributed by atoms with Crippen LogP contribution in [0.2, 0.25) is 5.15 Å². The topological polar surface area (TPSA) is 37.5 Å². The molecule has 0 aromatic carbocycles. The summed E-state index contributed by atoms with van der Waals surface area (Å²) in [6.45, 7) is 0.0876. The maximum Gasteiger partial charge on any atom is 0.155 e. The summed E-state index contributed by atoms with van der Waals surface area (Å²) >= 11 is 5.90. The fraction of sp³-hybridized carbons (Fsp3) is 0.222. The summed E-state index contributed by atoms with van der Waals surface area (Å²) in [4.78, 5) is 4.15. The lowest BCUT2D eigenvalue weighted by Gasteiger charge is -1.96. The van der Waals surface area contributed by atoms with Crippen LogP contribution >= 0.6 is 11.6 Å². The summed E-state index contributed by atoms with van der Waals surface area (Å²) < 4.78 is 1.89. The number of imidazole rings is 1. The van der Waals surface area contributed by atoms with E-state index in [1.165, 1.54) is 0 Å². The molecule has 2 aromatic heterocycles. The molecule has 0 amide bonds. The van der Waals surface area contributed by atoms with Crippen molar-refractivity contribution in [2.45, 2.75) is 6.42 Å². The number of fused-ring (bicyclic) bond motifs is 1. The third-order valence-electron chi connectivity index (χ3n) is 1.91. The molecule has 0 aliphatic rings. The van der Waals surface area contributed by atoms with E-state index in [0.717, 1.165) is 11.3 Å². The number of halogens is 1. The second-order valence-electron chi connectivity index (χ2n) is 2.75. The highest BCUT2D eigenvalue weighted by molar-refractivity contribution is 6.32. The van der Waals surface area contributed by atoms with Crippen LogP contribution in [0.1, 0.15) is 5.82 Å². The molecule has 0 atom stereocenters. The zero-order valence-electron chi connectivity index (χ0n) is 6.94. The minimum absolute atomic E-state index is 0.0876. The standard InChI is InChI=1S/C9H9ClN2O/c10-9-7-3-1-2-5-12(7)8(11-9)4-6-13/h1-3,5,13H,4,6H2. The average Bonchev–Trinajstić information content (AvgIpc) is 2.46. The molecule has 0 saturated heterocycles. The Labute approximate surface area is 80.6 Å². The van der Waals surface area contributed by atoms with E-state index < -0.39 is 0 Å². The smallest absolute Gasteiger partial charge is 0.155 e. The molecule has 0 bridgehead atoms. The number of aliphatic hydroxyl groups excluding tert-OH is 1. The van der Waals surface area contributed by atoms with Gasteiger partial charge < -0.3 is 9.51 Å². The van der Waals surface area contributed by atoms with E-state index in [0.29, 0.717) is 11.6 Å². The number of aromatic nitrogens is 2. The first-order chi connectivity index (χ1) is 6.33. The van der Waals surface area contributed by atoms with Gasteiger partial charge >= 0.3 is 0 Å². The van der Waals surface area contributed by atoms with Crippen LogP contribution in [0.25, 0.3) is 5.52 Å². The van der Waals surface area contributed by atoms with Gasteiger partial charge in [0.25, 0.3) is 0 Å². The Bertz CT molecular complexity index is 424.